The van der Waals surface area contributed by atoms with Gasteiger partial charge in [0, 0.05) is 18.5 Å². The molecule has 0 amide bonds. The Bertz CT molecular complexity index is 657. The molecule has 0 fully saturated rings. The van der Waals surface area contributed by atoms with E-state index in [4.69, 9.17) is 22.1 Å². The highest BCUT2D eigenvalue weighted by molar-refractivity contribution is 6.33. The molecule has 0 saturated heterocycles. The summed E-state index contributed by atoms with van der Waals surface area (Å²) >= 11 is 6.06. The first-order valence-corrected chi connectivity index (χ1v) is 6.36. The number of rotatable bonds is 5. The number of nitrogen functional groups attached to an aromatic ring is 1. The van der Waals surface area contributed by atoms with E-state index in [9.17, 15) is 4.79 Å². The standard InChI is InChI=1S/C13H15ClN4O2/c1-20-6-5-18-13(19)12(14)11(8-16-18)17-10-4-2-3-9(15)7-10/h2-4,7-8,17H,5-6,15H2,1H3. The molecule has 0 spiro atoms. The number of anilines is 3. The van der Waals surface area contributed by atoms with Crippen molar-refractivity contribution in [1.82, 2.24) is 9.78 Å². The molecule has 0 unspecified atom stereocenters. The summed E-state index contributed by atoms with van der Waals surface area (Å²) in [6, 6.07) is 7.14. The molecule has 2 aromatic rings. The van der Waals surface area contributed by atoms with Gasteiger partial charge in [-0.15, -0.1) is 0 Å². The highest BCUT2D eigenvalue weighted by Gasteiger charge is 2.09. The normalized spacial score (nSPS) is 10.5. The van der Waals surface area contributed by atoms with Crippen molar-refractivity contribution in [2.45, 2.75) is 6.54 Å². The van der Waals surface area contributed by atoms with E-state index in [1.165, 1.54) is 10.9 Å². The van der Waals surface area contributed by atoms with Crippen LogP contribution in [-0.2, 0) is 11.3 Å². The highest BCUT2D eigenvalue weighted by atomic mass is 35.5. The van der Waals surface area contributed by atoms with Crippen molar-refractivity contribution in [3.63, 3.8) is 0 Å². The molecule has 3 N–H and O–H groups in total. The molecule has 1 aromatic heterocycles. The fraction of sp³-hybridized carbons (Fsp3) is 0.231. The number of nitrogens with zero attached hydrogens (tertiary/aromatic N) is 2. The first-order chi connectivity index (χ1) is 9.61. The Morgan fingerprint density at radius 3 is 3.00 bits per heavy atom. The number of nitrogens with one attached hydrogen (secondary N) is 1. The molecule has 0 atom stereocenters. The van der Waals surface area contributed by atoms with Gasteiger partial charge in [-0.1, -0.05) is 17.7 Å². The van der Waals surface area contributed by atoms with E-state index in [0.29, 0.717) is 24.5 Å². The molecule has 106 valence electrons. The summed E-state index contributed by atoms with van der Waals surface area (Å²) < 4.78 is 6.17. The molecule has 2 rings (SSSR count). The third-order valence-corrected chi connectivity index (χ3v) is 3.02. The van der Waals surface area contributed by atoms with Gasteiger partial charge >= 0.3 is 0 Å². The first-order valence-electron chi connectivity index (χ1n) is 5.99. The summed E-state index contributed by atoms with van der Waals surface area (Å²) in [5, 5.41) is 7.14. The van der Waals surface area contributed by atoms with Crippen LogP contribution in [-0.4, -0.2) is 23.5 Å². The molecule has 7 heteroatoms. The number of methoxy groups -OCH3 is 1. The first kappa shape index (κ1) is 14.4. The molecule has 6 nitrogen and oxygen atoms in total. The maximum atomic E-state index is 12.0. The second-order valence-corrected chi connectivity index (χ2v) is 4.52. The Hall–Kier alpha value is -2.05. The maximum absolute atomic E-state index is 12.0. The smallest absolute Gasteiger partial charge is 0.287 e. The highest BCUT2D eigenvalue weighted by Crippen LogP contribution is 2.22. The molecule has 0 aliphatic heterocycles. The Morgan fingerprint density at radius 1 is 1.50 bits per heavy atom. The van der Waals surface area contributed by atoms with E-state index in [0.717, 1.165) is 5.69 Å². The molecule has 0 radical (unpaired) electrons. The van der Waals surface area contributed by atoms with Crippen LogP contribution in [0.3, 0.4) is 0 Å². The Balaban J connectivity index is 2.25. The molecule has 0 bridgehead atoms. The van der Waals surface area contributed by atoms with E-state index >= 15 is 0 Å². The van der Waals surface area contributed by atoms with E-state index < -0.39 is 0 Å². The van der Waals surface area contributed by atoms with Crippen molar-refractivity contribution in [3.05, 3.63) is 45.8 Å². The van der Waals surface area contributed by atoms with Gasteiger partial charge in [-0.3, -0.25) is 4.79 Å². The largest absolute Gasteiger partial charge is 0.399 e. The SMILES string of the molecule is COCCn1ncc(Nc2cccc(N)c2)c(Cl)c1=O. The minimum absolute atomic E-state index is 0.0820. The molecule has 1 aromatic carbocycles. The molecule has 20 heavy (non-hydrogen) atoms. The molecule has 0 aliphatic rings. The summed E-state index contributed by atoms with van der Waals surface area (Å²) in [4.78, 5) is 12.0. The third-order valence-electron chi connectivity index (χ3n) is 2.66. The second kappa shape index (κ2) is 6.40. The third kappa shape index (κ3) is 3.28. The Kier molecular flexibility index (Phi) is 4.60. The van der Waals surface area contributed by atoms with Gasteiger partial charge < -0.3 is 15.8 Å². The predicted octanol–water partition coefficient (Wildman–Crippen LogP) is 1.87. The van der Waals surface area contributed by atoms with E-state index in [-0.39, 0.29) is 10.6 Å². The van der Waals surface area contributed by atoms with Crippen molar-refractivity contribution in [1.29, 1.82) is 0 Å². The fourth-order valence-electron chi connectivity index (χ4n) is 1.66. The van der Waals surface area contributed by atoms with Crippen LogP contribution in [0.25, 0.3) is 0 Å². The predicted molar refractivity (Wildman–Crippen MR) is 79.5 cm³/mol. The van der Waals surface area contributed by atoms with Crippen LogP contribution in [0.15, 0.2) is 35.3 Å². The fourth-order valence-corrected chi connectivity index (χ4v) is 1.85. The van der Waals surface area contributed by atoms with Crippen molar-refractivity contribution >= 4 is 28.7 Å². The summed E-state index contributed by atoms with van der Waals surface area (Å²) in [5.74, 6) is 0. The molecule has 0 aliphatic carbocycles. The topological polar surface area (TPSA) is 82.2 Å². The van der Waals surface area contributed by atoms with Crippen LogP contribution in [0.2, 0.25) is 5.02 Å². The average Bonchev–Trinajstić information content (AvgIpc) is 2.43. The van der Waals surface area contributed by atoms with Crippen LogP contribution in [0.5, 0.6) is 0 Å². The lowest BCUT2D eigenvalue weighted by atomic mass is 10.3. The van der Waals surface area contributed by atoms with Crippen molar-refractivity contribution in [3.8, 4) is 0 Å². The second-order valence-electron chi connectivity index (χ2n) is 4.14. The lowest BCUT2D eigenvalue weighted by Gasteiger charge is -2.10. The Labute approximate surface area is 121 Å². The van der Waals surface area contributed by atoms with Gasteiger partial charge in [0.2, 0.25) is 0 Å². The van der Waals surface area contributed by atoms with Crippen molar-refractivity contribution in [2.24, 2.45) is 0 Å². The zero-order valence-electron chi connectivity index (χ0n) is 11.0. The van der Waals surface area contributed by atoms with Crippen LogP contribution < -0.4 is 16.6 Å². The lowest BCUT2D eigenvalue weighted by molar-refractivity contribution is 0.182. The number of hydrogen-bond acceptors (Lipinski definition) is 5. The van der Waals surface area contributed by atoms with Gasteiger partial charge in [0.05, 0.1) is 25.0 Å². The van der Waals surface area contributed by atoms with Gasteiger partial charge in [-0.2, -0.15) is 5.10 Å². The maximum Gasteiger partial charge on any atom is 0.287 e. The van der Waals surface area contributed by atoms with Crippen LogP contribution in [0.4, 0.5) is 17.1 Å². The molecule has 1 heterocycles. The molecule has 0 saturated carbocycles. The summed E-state index contributed by atoms with van der Waals surface area (Å²) in [6.45, 7) is 0.749. The van der Waals surface area contributed by atoms with Crippen LogP contribution in [0.1, 0.15) is 0 Å². The monoisotopic (exact) mass is 294 g/mol. The zero-order chi connectivity index (χ0) is 14.5. The van der Waals surface area contributed by atoms with E-state index in [1.54, 1.807) is 25.3 Å². The summed E-state index contributed by atoms with van der Waals surface area (Å²) in [7, 11) is 1.56. The summed E-state index contributed by atoms with van der Waals surface area (Å²) in [6.07, 6.45) is 1.50. The van der Waals surface area contributed by atoms with Gasteiger partial charge in [0.25, 0.3) is 5.56 Å². The summed E-state index contributed by atoms with van der Waals surface area (Å²) in [5.41, 5.74) is 7.12. The molecular weight excluding hydrogens is 280 g/mol. The van der Waals surface area contributed by atoms with Gasteiger partial charge in [-0.05, 0) is 18.2 Å². The van der Waals surface area contributed by atoms with Gasteiger partial charge in [-0.25, -0.2) is 4.68 Å². The molecular formula is C13H15ClN4O2. The van der Waals surface area contributed by atoms with E-state index in [2.05, 4.69) is 10.4 Å². The minimum atomic E-state index is -0.363. The number of aromatic nitrogens is 2. The van der Waals surface area contributed by atoms with Crippen LogP contribution >= 0.6 is 11.6 Å². The van der Waals surface area contributed by atoms with Crippen LogP contribution in [0, 0.1) is 0 Å². The van der Waals surface area contributed by atoms with Crippen molar-refractivity contribution in [2.75, 3.05) is 24.8 Å². The Morgan fingerprint density at radius 2 is 2.30 bits per heavy atom. The van der Waals surface area contributed by atoms with E-state index in [1.807, 2.05) is 6.07 Å². The number of ether oxygens (including phenoxy) is 1. The van der Waals surface area contributed by atoms with Gasteiger partial charge in [0.1, 0.15) is 5.02 Å². The quantitative estimate of drug-likeness (QED) is 0.823. The zero-order valence-corrected chi connectivity index (χ0v) is 11.7. The average molecular weight is 295 g/mol. The van der Waals surface area contributed by atoms with Gasteiger partial charge in [0.15, 0.2) is 0 Å². The lowest BCUT2D eigenvalue weighted by Crippen LogP contribution is -2.25. The number of benzene rings is 1. The number of nitrogens with two attached hydrogens (primary N) is 1. The number of halogens is 1. The van der Waals surface area contributed by atoms with Crippen molar-refractivity contribution < 1.29 is 4.74 Å². The number of hydrogen-bond donors (Lipinski definition) is 2. The minimum Gasteiger partial charge on any atom is -0.399 e.